The van der Waals surface area contributed by atoms with Crippen LogP contribution in [0.1, 0.15) is 16.1 Å². The van der Waals surface area contributed by atoms with E-state index in [0.29, 0.717) is 0 Å². The molecule has 0 aliphatic carbocycles. The maximum Gasteiger partial charge on any atom is 0.349 e. The van der Waals surface area contributed by atoms with Crippen LogP contribution < -0.4 is 0 Å². The Balaban J connectivity index is 1.82. The number of carbonyl (C=O) groups is 1. The number of thiophene rings is 1. The fourth-order valence-electron chi connectivity index (χ4n) is 2.99. The van der Waals surface area contributed by atoms with Crippen molar-refractivity contribution < 1.29 is 30.8 Å². The van der Waals surface area contributed by atoms with Crippen molar-refractivity contribution in [2.24, 2.45) is 0 Å². The molecule has 0 bridgehead atoms. The van der Waals surface area contributed by atoms with E-state index >= 15 is 0 Å². The van der Waals surface area contributed by atoms with Crippen LogP contribution in [0.15, 0.2) is 45.5 Å². The fraction of sp³-hybridized carbons (Fsp3) is 0.353. The highest BCUT2D eigenvalue weighted by molar-refractivity contribution is 7.89. The lowest BCUT2D eigenvalue weighted by Gasteiger charge is -2.21. The first kappa shape index (κ1) is 21.8. The number of esters is 1. The first-order chi connectivity index (χ1) is 13.7. The van der Waals surface area contributed by atoms with Gasteiger partial charge >= 0.3 is 5.97 Å². The standard InChI is InChI=1S/C17H19FN2O6S3/c1-26-17(21)16-15(7-12-27-16)29(24,25)20-9-2-8-19(10-11-20)28(22,23)14-5-3-13(18)4-6-14/h3-7,12H,2,8-11H2,1H3. The van der Waals surface area contributed by atoms with Crippen LogP contribution in [0.3, 0.4) is 0 Å². The van der Waals surface area contributed by atoms with E-state index in [1.165, 1.54) is 39.3 Å². The second kappa shape index (κ2) is 8.48. The van der Waals surface area contributed by atoms with Crippen molar-refractivity contribution in [2.75, 3.05) is 33.3 Å². The molecule has 1 aromatic carbocycles. The molecule has 2 aromatic rings. The lowest BCUT2D eigenvalue weighted by Crippen LogP contribution is -2.37. The number of halogens is 1. The van der Waals surface area contributed by atoms with E-state index in [0.717, 1.165) is 23.5 Å². The summed E-state index contributed by atoms with van der Waals surface area (Å²) < 4.78 is 71.7. The Morgan fingerprint density at radius 1 is 0.966 bits per heavy atom. The molecule has 0 amide bonds. The number of hydrogen-bond donors (Lipinski definition) is 0. The van der Waals surface area contributed by atoms with Crippen molar-refractivity contribution in [3.8, 4) is 0 Å². The average molecular weight is 463 g/mol. The van der Waals surface area contributed by atoms with Gasteiger partial charge in [-0.2, -0.15) is 8.61 Å². The predicted octanol–water partition coefficient (Wildman–Crippen LogP) is 1.76. The third kappa shape index (κ3) is 4.36. The van der Waals surface area contributed by atoms with Crippen LogP contribution in [0.5, 0.6) is 0 Å². The van der Waals surface area contributed by atoms with Crippen LogP contribution in [0, 0.1) is 5.82 Å². The van der Waals surface area contributed by atoms with Gasteiger partial charge in [-0.3, -0.25) is 0 Å². The van der Waals surface area contributed by atoms with Gasteiger partial charge in [0.1, 0.15) is 15.6 Å². The summed E-state index contributed by atoms with van der Waals surface area (Å²) in [5, 5.41) is 1.49. The number of benzene rings is 1. The van der Waals surface area contributed by atoms with Gasteiger partial charge < -0.3 is 4.74 Å². The lowest BCUT2D eigenvalue weighted by molar-refractivity contribution is 0.0602. The highest BCUT2D eigenvalue weighted by Gasteiger charge is 2.34. The second-order valence-electron chi connectivity index (χ2n) is 6.22. The quantitative estimate of drug-likeness (QED) is 0.628. The van der Waals surface area contributed by atoms with Crippen molar-refractivity contribution in [1.29, 1.82) is 0 Å². The van der Waals surface area contributed by atoms with Crippen LogP contribution >= 0.6 is 11.3 Å². The van der Waals surface area contributed by atoms with Crippen molar-refractivity contribution in [3.63, 3.8) is 0 Å². The van der Waals surface area contributed by atoms with Crippen molar-refractivity contribution in [2.45, 2.75) is 16.2 Å². The van der Waals surface area contributed by atoms with Crippen LogP contribution in [-0.4, -0.2) is 64.7 Å². The smallest absolute Gasteiger partial charge is 0.349 e. The minimum atomic E-state index is -4.00. The Morgan fingerprint density at radius 2 is 1.55 bits per heavy atom. The number of hydrogen-bond acceptors (Lipinski definition) is 7. The highest BCUT2D eigenvalue weighted by Crippen LogP contribution is 2.27. The molecule has 0 N–H and O–H groups in total. The van der Waals surface area contributed by atoms with Gasteiger partial charge in [-0.25, -0.2) is 26.0 Å². The molecule has 12 heteroatoms. The van der Waals surface area contributed by atoms with E-state index in [1.54, 1.807) is 0 Å². The summed E-state index contributed by atoms with van der Waals surface area (Å²) in [7, 11) is -6.70. The molecule has 29 heavy (non-hydrogen) atoms. The topological polar surface area (TPSA) is 101 Å². The van der Waals surface area contributed by atoms with Gasteiger partial charge in [-0.15, -0.1) is 11.3 Å². The molecule has 1 aromatic heterocycles. The molecule has 1 fully saturated rings. The first-order valence-electron chi connectivity index (χ1n) is 8.59. The summed E-state index contributed by atoms with van der Waals surface area (Å²) in [6.45, 7) is 0.101. The number of methoxy groups -OCH3 is 1. The number of ether oxygens (including phenoxy) is 1. The second-order valence-corrected chi connectivity index (χ2v) is 11.0. The van der Waals surface area contributed by atoms with Crippen LogP contribution in [-0.2, 0) is 24.8 Å². The zero-order valence-corrected chi connectivity index (χ0v) is 17.9. The summed E-state index contributed by atoms with van der Waals surface area (Å²) in [4.78, 5) is 11.6. The molecule has 0 radical (unpaired) electrons. The normalized spacial score (nSPS) is 17.0. The molecule has 8 nitrogen and oxygen atoms in total. The van der Waals surface area contributed by atoms with Gasteiger partial charge in [0, 0.05) is 26.2 Å². The molecular formula is C17H19FN2O6S3. The van der Waals surface area contributed by atoms with E-state index in [-0.39, 0.29) is 47.3 Å². The number of sulfonamides is 2. The summed E-state index contributed by atoms with van der Waals surface area (Å²) in [6, 6.07) is 5.82. The Labute approximate surface area is 172 Å². The molecule has 0 spiro atoms. The molecule has 158 valence electrons. The molecular weight excluding hydrogens is 443 g/mol. The Morgan fingerprint density at radius 3 is 2.14 bits per heavy atom. The van der Waals surface area contributed by atoms with E-state index in [2.05, 4.69) is 4.74 Å². The molecule has 0 unspecified atom stereocenters. The number of rotatable bonds is 5. The summed E-state index contributed by atoms with van der Waals surface area (Å²) in [6.07, 6.45) is 0.275. The van der Waals surface area contributed by atoms with Crippen LogP contribution in [0.25, 0.3) is 0 Å². The Hall–Kier alpha value is -1.86. The van der Waals surface area contributed by atoms with E-state index in [1.807, 2.05) is 0 Å². The van der Waals surface area contributed by atoms with E-state index < -0.39 is 31.8 Å². The lowest BCUT2D eigenvalue weighted by atomic mass is 10.4. The Kier molecular flexibility index (Phi) is 6.39. The maximum atomic E-state index is 13.1. The maximum absolute atomic E-state index is 13.1. The molecule has 1 aliphatic rings. The molecule has 1 aliphatic heterocycles. The fourth-order valence-corrected chi connectivity index (χ4v) is 7.23. The molecule has 2 heterocycles. The number of carbonyl (C=O) groups excluding carboxylic acids is 1. The van der Waals surface area contributed by atoms with Gasteiger partial charge in [-0.1, -0.05) is 0 Å². The van der Waals surface area contributed by atoms with Crippen molar-refractivity contribution in [1.82, 2.24) is 8.61 Å². The van der Waals surface area contributed by atoms with Crippen LogP contribution in [0.2, 0.25) is 0 Å². The van der Waals surface area contributed by atoms with Gasteiger partial charge in [0.25, 0.3) is 0 Å². The monoisotopic (exact) mass is 462 g/mol. The summed E-state index contributed by atoms with van der Waals surface area (Å²) >= 11 is 0.964. The van der Waals surface area contributed by atoms with Gasteiger partial charge in [0.05, 0.1) is 12.0 Å². The van der Waals surface area contributed by atoms with Crippen molar-refractivity contribution >= 4 is 37.4 Å². The largest absolute Gasteiger partial charge is 0.465 e. The minimum Gasteiger partial charge on any atom is -0.465 e. The zero-order valence-electron chi connectivity index (χ0n) is 15.4. The Bertz CT molecular complexity index is 1100. The number of nitrogens with zero attached hydrogens (tertiary/aromatic N) is 2. The molecule has 0 atom stereocenters. The SMILES string of the molecule is COC(=O)c1sccc1S(=O)(=O)N1CCCN(S(=O)(=O)c2ccc(F)cc2)CC1. The highest BCUT2D eigenvalue weighted by atomic mass is 32.2. The van der Waals surface area contributed by atoms with E-state index in [9.17, 15) is 26.0 Å². The van der Waals surface area contributed by atoms with Gasteiger partial charge in [0.2, 0.25) is 20.0 Å². The van der Waals surface area contributed by atoms with Gasteiger partial charge in [0.15, 0.2) is 0 Å². The van der Waals surface area contributed by atoms with Gasteiger partial charge in [-0.05, 0) is 42.1 Å². The average Bonchev–Trinajstić information content (AvgIpc) is 3.05. The third-order valence-corrected chi connectivity index (χ3v) is 9.36. The minimum absolute atomic E-state index is 0.0208. The zero-order chi connectivity index (χ0) is 21.2. The predicted molar refractivity (Wildman–Crippen MR) is 104 cm³/mol. The third-order valence-electron chi connectivity index (χ3n) is 4.48. The van der Waals surface area contributed by atoms with Crippen molar-refractivity contribution in [3.05, 3.63) is 46.4 Å². The molecule has 0 saturated carbocycles. The molecule has 1 saturated heterocycles. The first-order valence-corrected chi connectivity index (χ1v) is 12.4. The summed E-state index contributed by atoms with van der Waals surface area (Å²) in [5.74, 6) is -1.29. The van der Waals surface area contributed by atoms with Crippen LogP contribution in [0.4, 0.5) is 4.39 Å². The summed E-state index contributed by atoms with van der Waals surface area (Å²) in [5.41, 5.74) is 0. The molecule has 3 rings (SSSR count). The van der Waals surface area contributed by atoms with E-state index in [4.69, 9.17) is 0 Å².